The van der Waals surface area contributed by atoms with E-state index in [0.29, 0.717) is 40.7 Å². The second kappa shape index (κ2) is 10.3. The third-order valence-corrected chi connectivity index (χ3v) is 5.81. The van der Waals surface area contributed by atoms with Gasteiger partial charge in [-0.15, -0.1) is 0 Å². The lowest BCUT2D eigenvalue weighted by atomic mass is 10.1. The van der Waals surface area contributed by atoms with Gasteiger partial charge in [-0.3, -0.25) is 24.8 Å². The van der Waals surface area contributed by atoms with Gasteiger partial charge in [-0.1, -0.05) is 12.6 Å². The van der Waals surface area contributed by atoms with Crippen molar-refractivity contribution >= 4 is 22.9 Å². The van der Waals surface area contributed by atoms with Crippen LogP contribution < -0.4 is 20.9 Å². The van der Waals surface area contributed by atoms with Gasteiger partial charge in [0.25, 0.3) is 5.91 Å². The van der Waals surface area contributed by atoms with Gasteiger partial charge in [0.15, 0.2) is 35.1 Å². The molecule has 3 atom stereocenters. The van der Waals surface area contributed by atoms with Crippen LogP contribution in [0.4, 0.5) is 5.82 Å². The molecule has 0 aromatic carbocycles. The summed E-state index contributed by atoms with van der Waals surface area (Å²) >= 11 is 0. The molecule has 1 aliphatic heterocycles. The van der Waals surface area contributed by atoms with E-state index in [1.807, 2.05) is 18.2 Å². The van der Waals surface area contributed by atoms with E-state index in [4.69, 9.17) is 14.5 Å². The molecular formula is C24H25N9O4. The standard InChI is InChI=1S/C24H25N9O4/c1-13-18(34)24(37-19(13)23(35)32-25-2)33-12-29-17-21(28-10-15-6-4-5-7-27-15)30-20(31-22(17)33)14-8-16(36-3)11-26-9-14/h4-9,11-12,18-19,24-25,34H,1,10H2,2-3H3,(H,32,35)(H,28,30,31)/t18-,19+,24-/m1/s1. The van der Waals surface area contributed by atoms with E-state index >= 15 is 0 Å². The molecule has 13 heteroatoms. The number of hydrogen-bond donors (Lipinski definition) is 4. The van der Waals surface area contributed by atoms with Crippen LogP contribution in [0.5, 0.6) is 5.75 Å². The second-order valence-corrected chi connectivity index (χ2v) is 8.17. The van der Waals surface area contributed by atoms with Crippen molar-refractivity contribution in [1.82, 2.24) is 40.3 Å². The van der Waals surface area contributed by atoms with Crippen molar-refractivity contribution in [2.24, 2.45) is 0 Å². The number of aromatic nitrogens is 6. The van der Waals surface area contributed by atoms with Gasteiger partial charge in [0.2, 0.25) is 0 Å². The number of carbonyl (C=O) groups excluding carboxylic acids is 1. The van der Waals surface area contributed by atoms with E-state index in [1.54, 1.807) is 43.4 Å². The first-order valence-electron chi connectivity index (χ1n) is 11.4. The van der Waals surface area contributed by atoms with Crippen LogP contribution in [0.2, 0.25) is 0 Å². The number of pyridine rings is 2. The highest BCUT2D eigenvalue weighted by Gasteiger charge is 2.43. The van der Waals surface area contributed by atoms with Crippen LogP contribution in [0.3, 0.4) is 0 Å². The van der Waals surface area contributed by atoms with Gasteiger partial charge in [-0.25, -0.2) is 20.4 Å². The number of ether oxygens (including phenoxy) is 2. The fourth-order valence-electron chi connectivity index (χ4n) is 3.96. The molecular weight excluding hydrogens is 478 g/mol. The number of imidazole rings is 1. The predicted octanol–water partition coefficient (Wildman–Crippen LogP) is 0.969. The molecule has 13 nitrogen and oxygen atoms in total. The molecule has 5 heterocycles. The van der Waals surface area contributed by atoms with E-state index < -0.39 is 24.3 Å². The summed E-state index contributed by atoms with van der Waals surface area (Å²) in [6.45, 7) is 4.24. The summed E-state index contributed by atoms with van der Waals surface area (Å²) in [4.78, 5) is 34.8. The van der Waals surface area contributed by atoms with Crippen LogP contribution in [-0.4, -0.2) is 66.9 Å². The zero-order valence-corrected chi connectivity index (χ0v) is 20.1. The van der Waals surface area contributed by atoms with E-state index in [2.05, 4.69) is 42.7 Å². The number of aliphatic hydroxyl groups is 1. The Balaban J connectivity index is 1.57. The van der Waals surface area contributed by atoms with Crippen molar-refractivity contribution in [3.8, 4) is 17.1 Å². The summed E-state index contributed by atoms with van der Waals surface area (Å²) in [5, 5.41) is 14.2. The Morgan fingerprint density at radius 3 is 2.89 bits per heavy atom. The molecule has 0 bridgehead atoms. The van der Waals surface area contributed by atoms with E-state index in [1.165, 1.54) is 6.33 Å². The van der Waals surface area contributed by atoms with Crippen LogP contribution in [0.1, 0.15) is 11.9 Å². The zero-order chi connectivity index (χ0) is 25.9. The number of hydrogen-bond acceptors (Lipinski definition) is 11. The molecule has 1 fully saturated rings. The third kappa shape index (κ3) is 4.70. The van der Waals surface area contributed by atoms with Crippen LogP contribution in [0.15, 0.2) is 61.3 Å². The predicted molar refractivity (Wildman–Crippen MR) is 133 cm³/mol. The number of anilines is 1. The Kier molecular flexibility index (Phi) is 6.72. The van der Waals surface area contributed by atoms with Gasteiger partial charge >= 0.3 is 0 Å². The monoisotopic (exact) mass is 503 g/mol. The number of amides is 1. The molecule has 0 saturated carbocycles. The van der Waals surface area contributed by atoms with Crippen molar-refractivity contribution in [2.75, 3.05) is 19.5 Å². The Morgan fingerprint density at radius 2 is 2.14 bits per heavy atom. The largest absolute Gasteiger partial charge is 0.495 e. The first-order valence-corrected chi connectivity index (χ1v) is 11.4. The smallest absolute Gasteiger partial charge is 0.267 e. The number of nitrogens with zero attached hydrogens (tertiary/aromatic N) is 6. The third-order valence-electron chi connectivity index (χ3n) is 5.81. The zero-order valence-electron chi connectivity index (χ0n) is 20.1. The fourth-order valence-corrected chi connectivity index (χ4v) is 3.96. The first-order chi connectivity index (χ1) is 18.0. The van der Waals surface area contributed by atoms with Gasteiger partial charge in [0, 0.05) is 25.0 Å². The van der Waals surface area contributed by atoms with E-state index in [9.17, 15) is 9.90 Å². The molecule has 4 aromatic heterocycles. The fraction of sp³-hybridized carbons (Fsp3) is 0.250. The molecule has 4 aromatic rings. The van der Waals surface area contributed by atoms with Crippen molar-refractivity contribution < 1.29 is 19.4 Å². The summed E-state index contributed by atoms with van der Waals surface area (Å²) in [5.74, 6) is 0.860. The second-order valence-electron chi connectivity index (χ2n) is 8.17. The topological polar surface area (TPSA) is 161 Å². The Labute approximate surface area is 211 Å². The Bertz CT molecular complexity index is 1440. The minimum absolute atomic E-state index is 0.222. The highest BCUT2D eigenvalue weighted by atomic mass is 16.5. The maximum Gasteiger partial charge on any atom is 0.267 e. The quantitative estimate of drug-likeness (QED) is 0.200. The lowest BCUT2D eigenvalue weighted by Crippen LogP contribution is -2.42. The number of aliphatic hydroxyl groups excluding tert-OH is 1. The maximum atomic E-state index is 12.4. The highest BCUT2D eigenvalue weighted by molar-refractivity contribution is 5.86. The van der Waals surface area contributed by atoms with Crippen LogP contribution in [0, 0.1) is 0 Å². The number of fused-ring (bicyclic) bond motifs is 1. The highest BCUT2D eigenvalue weighted by Crippen LogP contribution is 2.35. The summed E-state index contributed by atoms with van der Waals surface area (Å²) in [6, 6.07) is 7.39. The van der Waals surface area contributed by atoms with Crippen LogP contribution >= 0.6 is 0 Å². The van der Waals surface area contributed by atoms with Crippen molar-refractivity contribution in [3.05, 3.63) is 67.0 Å². The number of carbonyl (C=O) groups is 1. The molecule has 0 unspecified atom stereocenters. The Morgan fingerprint density at radius 1 is 1.27 bits per heavy atom. The van der Waals surface area contributed by atoms with Crippen LogP contribution in [-0.2, 0) is 16.1 Å². The first kappa shape index (κ1) is 24.2. The van der Waals surface area contributed by atoms with Crippen molar-refractivity contribution in [3.63, 3.8) is 0 Å². The van der Waals surface area contributed by atoms with Gasteiger partial charge in [0.05, 0.1) is 31.9 Å². The summed E-state index contributed by atoms with van der Waals surface area (Å²) in [7, 11) is 3.10. The average molecular weight is 504 g/mol. The minimum Gasteiger partial charge on any atom is -0.495 e. The molecule has 1 amide bonds. The van der Waals surface area contributed by atoms with E-state index in [-0.39, 0.29) is 5.57 Å². The maximum absolute atomic E-state index is 12.4. The molecule has 1 aliphatic rings. The van der Waals surface area contributed by atoms with Crippen LogP contribution in [0.25, 0.3) is 22.6 Å². The molecule has 0 aliphatic carbocycles. The number of nitrogens with one attached hydrogen (secondary N) is 3. The van der Waals surface area contributed by atoms with Gasteiger partial charge < -0.3 is 19.9 Å². The molecule has 190 valence electrons. The lowest BCUT2D eigenvalue weighted by molar-refractivity contribution is -0.134. The molecule has 1 saturated heterocycles. The number of hydrazine groups is 1. The van der Waals surface area contributed by atoms with Crippen molar-refractivity contribution in [2.45, 2.75) is 25.0 Å². The molecule has 0 spiro atoms. The summed E-state index contributed by atoms with van der Waals surface area (Å²) < 4.78 is 12.8. The van der Waals surface area contributed by atoms with E-state index in [0.717, 1.165) is 5.69 Å². The number of rotatable bonds is 8. The number of methoxy groups -OCH3 is 1. The Hall–Kier alpha value is -4.46. The van der Waals surface area contributed by atoms with Gasteiger partial charge in [0.1, 0.15) is 11.9 Å². The summed E-state index contributed by atoms with van der Waals surface area (Å²) in [5.41, 5.74) is 7.47. The van der Waals surface area contributed by atoms with Crippen molar-refractivity contribution in [1.29, 1.82) is 0 Å². The molecule has 4 N–H and O–H groups in total. The van der Waals surface area contributed by atoms with Gasteiger partial charge in [-0.05, 0) is 23.8 Å². The lowest BCUT2D eigenvalue weighted by Gasteiger charge is -2.17. The average Bonchev–Trinajstić information content (AvgIpc) is 3.48. The SMILES string of the molecule is C=C1[C@@H](C(=O)NNC)O[C@@H](n2cnc3c(NCc4ccccn4)nc(-c4cncc(OC)c4)nc32)[C@@H]1O. The summed E-state index contributed by atoms with van der Waals surface area (Å²) in [6.07, 6.45) is 3.17. The molecule has 0 radical (unpaired) electrons. The molecule has 37 heavy (non-hydrogen) atoms. The normalized spacial score (nSPS) is 19.2. The molecule has 5 rings (SSSR count). The van der Waals surface area contributed by atoms with Gasteiger partial charge in [-0.2, -0.15) is 0 Å². The minimum atomic E-state index is -1.17.